The number of carbonyl (C=O) groups excluding carboxylic acids is 2. The Morgan fingerprint density at radius 1 is 0.939 bits per heavy atom. The molecule has 0 N–H and O–H groups in total. The molecular weight excluding hydrogens is 414 g/mol. The molecule has 3 aromatic rings. The Bertz CT molecular complexity index is 1220. The Labute approximate surface area is 193 Å². The molecule has 166 valence electrons. The van der Waals surface area contributed by atoms with E-state index in [1.807, 2.05) is 52.0 Å². The number of amides is 2. The topological polar surface area (TPSA) is 71.3 Å². The first-order valence-electron chi connectivity index (χ1n) is 11.3. The second-order valence-corrected chi connectivity index (χ2v) is 8.38. The van der Waals surface area contributed by atoms with Gasteiger partial charge in [0.1, 0.15) is 0 Å². The average molecular weight is 440 g/mol. The summed E-state index contributed by atoms with van der Waals surface area (Å²) in [5, 5.41) is 4.75. The van der Waals surface area contributed by atoms with Crippen LogP contribution in [0.4, 0.5) is 0 Å². The highest BCUT2D eigenvalue weighted by Gasteiger charge is 2.32. The predicted octanol–water partition coefficient (Wildman–Crippen LogP) is 2.50. The van der Waals surface area contributed by atoms with E-state index in [2.05, 4.69) is 16.8 Å². The maximum Gasteiger partial charge on any atom is 0.299 e. The number of hydrogen-bond donors (Lipinski definition) is 0. The SMILES string of the molecule is O=C(C#Cc1ccccc1)N1CCc2c(c(C(=O)N3CCCC3)nn2Cc2ccncc2)C1. The first-order valence-corrected chi connectivity index (χ1v) is 11.3. The van der Waals surface area contributed by atoms with Gasteiger partial charge in [0.05, 0.1) is 13.1 Å². The maximum absolute atomic E-state index is 13.3. The molecule has 1 aromatic carbocycles. The standard InChI is InChI=1S/C26H25N5O2/c32-24(9-8-20-6-2-1-3-7-20)30-17-12-23-22(19-30)25(26(33)29-15-4-5-16-29)28-31(23)18-21-10-13-27-14-11-21/h1-3,6-7,10-11,13-14H,4-5,12,15-19H2. The van der Waals surface area contributed by atoms with Gasteiger partial charge in [-0.25, -0.2) is 0 Å². The molecule has 0 saturated carbocycles. The molecule has 7 nitrogen and oxygen atoms in total. The second kappa shape index (κ2) is 9.29. The van der Waals surface area contributed by atoms with Crippen molar-refractivity contribution in [1.82, 2.24) is 24.6 Å². The molecule has 2 aromatic heterocycles. The zero-order valence-corrected chi connectivity index (χ0v) is 18.4. The molecule has 0 atom stereocenters. The average Bonchev–Trinajstić information content (AvgIpc) is 3.52. The summed E-state index contributed by atoms with van der Waals surface area (Å²) in [6, 6.07) is 13.4. The van der Waals surface area contributed by atoms with Gasteiger partial charge >= 0.3 is 0 Å². The van der Waals surface area contributed by atoms with E-state index < -0.39 is 0 Å². The molecular formula is C26H25N5O2. The summed E-state index contributed by atoms with van der Waals surface area (Å²) < 4.78 is 1.92. The van der Waals surface area contributed by atoms with Gasteiger partial charge in [-0.05, 0) is 42.7 Å². The van der Waals surface area contributed by atoms with Gasteiger partial charge in [0.2, 0.25) is 0 Å². The molecule has 4 heterocycles. The van der Waals surface area contributed by atoms with Crippen molar-refractivity contribution in [3.8, 4) is 11.8 Å². The quantitative estimate of drug-likeness (QED) is 0.588. The van der Waals surface area contributed by atoms with E-state index in [1.54, 1.807) is 17.3 Å². The second-order valence-electron chi connectivity index (χ2n) is 8.38. The summed E-state index contributed by atoms with van der Waals surface area (Å²) in [6.45, 7) is 2.99. The zero-order chi connectivity index (χ0) is 22.6. The molecule has 5 rings (SSSR count). The lowest BCUT2D eigenvalue weighted by atomic mass is 10.0. The van der Waals surface area contributed by atoms with Crippen molar-refractivity contribution >= 4 is 11.8 Å². The van der Waals surface area contributed by atoms with Gasteiger partial charge in [-0.2, -0.15) is 5.10 Å². The first-order chi connectivity index (χ1) is 16.2. The van der Waals surface area contributed by atoms with Gasteiger partial charge in [-0.1, -0.05) is 24.1 Å². The molecule has 0 radical (unpaired) electrons. The van der Waals surface area contributed by atoms with Gasteiger partial charge < -0.3 is 9.80 Å². The summed E-state index contributed by atoms with van der Waals surface area (Å²) in [7, 11) is 0. The van der Waals surface area contributed by atoms with E-state index in [-0.39, 0.29) is 11.8 Å². The van der Waals surface area contributed by atoms with Crippen LogP contribution in [0.5, 0.6) is 0 Å². The fourth-order valence-electron chi connectivity index (χ4n) is 4.42. The van der Waals surface area contributed by atoms with Crippen molar-refractivity contribution in [2.45, 2.75) is 32.4 Å². The van der Waals surface area contributed by atoms with E-state index in [9.17, 15) is 9.59 Å². The van der Waals surface area contributed by atoms with Crippen LogP contribution in [0.2, 0.25) is 0 Å². The molecule has 2 amide bonds. The molecule has 1 saturated heterocycles. The Kier molecular flexibility index (Phi) is 5.90. The molecule has 2 aliphatic rings. The highest BCUT2D eigenvalue weighted by atomic mass is 16.2. The van der Waals surface area contributed by atoms with E-state index >= 15 is 0 Å². The smallest absolute Gasteiger partial charge is 0.299 e. The van der Waals surface area contributed by atoms with E-state index in [0.717, 1.165) is 48.3 Å². The summed E-state index contributed by atoms with van der Waals surface area (Å²) in [4.78, 5) is 33.8. The molecule has 0 bridgehead atoms. The lowest BCUT2D eigenvalue weighted by molar-refractivity contribution is -0.126. The summed E-state index contributed by atoms with van der Waals surface area (Å²) in [5.41, 5.74) is 4.22. The van der Waals surface area contributed by atoms with Crippen LogP contribution in [0, 0.1) is 11.8 Å². The van der Waals surface area contributed by atoms with Crippen LogP contribution in [0.3, 0.4) is 0 Å². The molecule has 0 spiro atoms. The van der Waals surface area contributed by atoms with Crippen LogP contribution < -0.4 is 0 Å². The summed E-state index contributed by atoms with van der Waals surface area (Å²) in [6.07, 6.45) is 6.19. The van der Waals surface area contributed by atoms with Gasteiger partial charge in [0.25, 0.3) is 11.8 Å². The lowest BCUT2D eigenvalue weighted by Crippen LogP contribution is -2.37. The third-order valence-electron chi connectivity index (χ3n) is 6.19. The van der Waals surface area contributed by atoms with E-state index in [0.29, 0.717) is 31.7 Å². The molecule has 0 unspecified atom stereocenters. The van der Waals surface area contributed by atoms with Crippen LogP contribution in [-0.2, 0) is 24.3 Å². The Hall–Kier alpha value is -3.92. The molecule has 33 heavy (non-hydrogen) atoms. The minimum atomic E-state index is -0.231. The van der Waals surface area contributed by atoms with Crippen molar-refractivity contribution in [2.75, 3.05) is 19.6 Å². The fourth-order valence-corrected chi connectivity index (χ4v) is 4.42. The number of nitrogens with zero attached hydrogens (tertiary/aromatic N) is 5. The number of pyridine rings is 1. The van der Waals surface area contributed by atoms with Crippen molar-refractivity contribution < 1.29 is 9.59 Å². The third kappa shape index (κ3) is 4.51. The van der Waals surface area contributed by atoms with Crippen molar-refractivity contribution in [2.24, 2.45) is 0 Å². The van der Waals surface area contributed by atoms with Crippen LogP contribution in [0.25, 0.3) is 0 Å². The van der Waals surface area contributed by atoms with E-state index in [1.165, 1.54) is 0 Å². The summed E-state index contributed by atoms with van der Waals surface area (Å²) in [5.74, 6) is 5.43. The zero-order valence-electron chi connectivity index (χ0n) is 18.4. The van der Waals surface area contributed by atoms with Crippen LogP contribution >= 0.6 is 0 Å². The van der Waals surface area contributed by atoms with Crippen LogP contribution in [0.1, 0.15) is 45.7 Å². The molecule has 0 aliphatic carbocycles. The lowest BCUT2D eigenvalue weighted by Gasteiger charge is -2.26. The number of carbonyl (C=O) groups is 2. The predicted molar refractivity (Wildman–Crippen MR) is 123 cm³/mol. The maximum atomic E-state index is 13.3. The Morgan fingerprint density at radius 3 is 2.45 bits per heavy atom. The van der Waals surface area contributed by atoms with Crippen LogP contribution in [-0.4, -0.2) is 56.0 Å². The Morgan fingerprint density at radius 2 is 1.70 bits per heavy atom. The van der Waals surface area contributed by atoms with Gasteiger partial charge in [-0.15, -0.1) is 0 Å². The first kappa shape index (κ1) is 21.0. The number of hydrogen-bond acceptors (Lipinski definition) is 4. The van der Waals surface area contributed by atoms with Gasteiger partial charge in [0, 0.05) is 61.2 Å². The minimum absolute atomic E-state index is 0.0399. The highest BCUT2D eigenvalue weighted by Crippen LogP contribution is 2.26. The van der Waals surface area contributed by atoms with Crippen LogP contribution in [0.15, 0.2) is 54.9 Å². The summed E-state index contributed by atoms with van der Waals surface area (Å²) >= 11 is 0. The Balaban J connectivity index is 1.43. The third-order valence-corrected chi connectivity index (χ3v) is 6.19. The normalized spacial score (nSPS) is 15.0. The fraction of sp³-hybridized carbons (Fsp3) is 0.308. The molecule has 7 heteroatoms. The number of fused-ring (bicyclic) bond motifs is 1. The van der Waals surface area contributed by atoms with Crippen molar-refractivity contribution in [1.29, 1.82) is 0 Å². The number of benzene rings is 1. The molecule has 1 fully saturated rings. The monoisotopic (exact) mass is 439 g/mol. The number of likely N-dealkylation sites (tertiary alicyclic amines) is 1. The largest absolute Gasteiger partial charge is 0.337 e. The van der Waals surface area contributed by atoms with E-state index in [4.69, 9.17) is 5.10 Å². The minimum Gasteiger partial charge on any atom is -0.337 e. The number of aromatic nitrogens is 3. The molecule has 2 aliphatic heterocycles. The van der Waals surface area contributed by atoms with Crippen molar-refractivity contribution in [3.63, 3.8) is 0 Å². The number of rotatable bonds is 3. The van der Waals surface area contributed by atoms with Crippen molar-refractivity contribution in [3.05, 3.63) is 82.9 Å². The highest BCUT2D eigenvalue weighted by molar-refractivity contribution is 5.96. The van der Waals surface area contributed by atoms with Gasteiger partial charge in [-0.3, -0.25) is 19.3 Å². The van der Waals surface area contributed by atoms with Gasteiger partial charge in [0.15, 0.2) is 5.69 Å².